The monoisotopic (exact) mass is 499 g/mol. The molecule has 0 spiro atoms. The van der Waals surface area contributed by atoms with Crippen LogP contribution >= 0.6 is 0 Å². The van der Waals surface area contributed by atoms with E-state index in [2.05, 4.69) is 15.4 Å². The SMILES string of the molecule is C[C@H](CO)NS(=O)(=O)c1ccc(NC(=O)[C@H](Cc2ccccc2)NC(=O)c2ccc(F)cc2)cc1. The zero-order chi connectivity index (χ0) is 25.4. The summed E-state index contributed by atoms with van der Waals surface area (Å²) in [6.45, 7) is 1.18. The second-order valence-corrected chi connectivity index (χ2v) is 9.66. The zero-order valence-electron chi connectivity index (χ0n) is 18.9. The molecule has 184 valence electrons. The van der Waals surface area contributed by atoms with Gasteiger partial charge in [0.25, 0.3) is 5.91 Å². The van der Waals surface area contributed by atoms with Gasteiger partial charge in [-0.25, -0.2) is 17.5 Å². The second kappa shape index (κ2) is 11.7. The normalized spacial score (nSPS) is 13.0. The molecule has 8 nitrogen and oxygen atoms in total. The van der Waals surface area contributed by atoms with Crippen LogP contribution < -0.4 is 15.4 Å². The van der Waals surface area contributed by atoms with Gasteiger partial charge in [0.1, 0.15) is 11.9 Å². The molecule has 0 radical (unpaired) electrons. The third kappa shape index (κ3) is 7.44. The number of amides is 2. The molecule has 0 aliphatic heterocycles. The Morgan fingerprint density at radius 2 is 1.57 bits per heavy atom. The van der Waals surface area contributed by atoms with E-state index in [1.807, 2.05) is 30.3 Å². The van der Waals surface area contributed by atoms with E-state index in [-0.39, 0.29) is 23.5 Å². The van der Waals surface area contributed by atoms with Crippen LogP contribution in [0.4, 0.5) is 10.1 Å². The van der Waals surface area contributed by atoms with Gasteiger partial charge in [-0.3, -0.25) is 9.59 Å². The Hall–Kier alpha value is -3.60. The number of aliphatic hydroxyl groups is 1. The number of hydrogen-bond donors (Lipinski definition) is 4. The van der Waals surface area contributed by atoms with Crippen LogP contribution in [0.25, 0.3) is 0 Å². The van der Waals surface area contributed by atoms with Crippen LogP contribution in [0.2, 0.25) is 0 Å². The van der Waals surface area contributed by atoms with Crippen molar-refractivity contribution in [3.05, 3.63) is 95.8 Å². The number of hydrogen-bond acceptors (Lipinski definition) is 5. The van der Waals surface area contributed by atoms with E-state index in [1.54, 1.807) is 0 Å². The lowest BCUT2D eigenvalue weighted by Crippen LogP contribution is -2.45. The third-order valence-corrected chi connectivity index (χ3v) is 6.68. The van der Waals surface area contributed by atoms with Crippen LogP contribution in [0.3, 0.4) is 0 Å². The number of carbonyl (C=O) groups excluding carboxylic acids is 2. The molecule has 3 aromatic carbocycles. The summed E-state index contributed by atoms with van der Waals surface area (Å²) in [5.41, 5.74) is 1.35. The number of nitrogens with one attached hydrogen (secondary N) is 3. The van der Waals surface area contributed by atoms with Crippen molar-refractivity contribution < 1.29 is 27.5 Å². The Bertz CT molecular complexity index is 1250. The first-order chi connectivity index (χ1) is 16.7. The summed E-state index contributed by atoms with van der Waals surface area (Å²) in [4.78, 5) is 25.7. The lowest BCUT2D eigenvalue weighted by molar-refractivity contribution is -0.118. The molecule has 0 unspecified atom stereocenters. The maximum atomic E-state index is 13.2. The molecule has 0 saturated carbocycles. The van der Waals surface area contributed by atoms with Crippen molar-refractivity contribution >= 4 is 27.5 Å². The van der Waals surface area contributed by atoms with Gasteiger partial charge in [-0.15, -0.1) is 0 Å². The van der Waals surface area contributed by atoms with Gasteiger partial charge < -0.3 is 15.7 Å². The highest BCUT2D eigenvalue weighted by Crippen LogP contribution is 2.16. The summed E-state index contributed by atoms with van der Waals surface area (Å²) in [5.74, 6) is -1.52. The summed E-state index contributed by atoms with van der Waals surface area (Å²) in [6, 6.07) is 18.0. The minimum atomic E-state index is -3.83. The number of carbonyl (C=O) groups is 2. The van der Waals surface area contributed by atoms with Gasteiger partial charge in [0.2, 0.25) is 15.9 Å². The summed E-state index contributed by atoms with van der Waals surface area (Å²) in [7, 11) is -3.83. The maximum Gasteiger partial charge on any atom is 0.251 e. The molecule has 0 aliphatic carbocycles. The largest absolute Gasteiger partial charge is 0.395 e. The summed E-state index contributed by atoms with van der Waals surface area (Å²) in [6.07, 6.45) is 0.203. The fourth-order valence-electron chi connectivity index (χ4n) is 3.22. The van der Waals surface area contributed by atoms with Crippen LogP contribution in [-0.2, 0) is 21.2 Å². The number of benzene rings is 3. The molecular weight excluding hydrogens is 473 g/mol. The Balaban J connectivity index is 1.75. The number of rotatable bonds is 10. The first kappa shape index (κ1) is 26.0. The van der Waals surface area contributed by atoms with E-state index in [0.717, 1.165) is 17.7 Å². The Labute approximate surface area is 203 Å². The number of anilines is 1. The van der Waals surface area contributed by atoms with Gasteiger partial charge >= 0.3 is 0 Å². The molecule has 0 saturated heterocycles. The van der Waals surface area contributed by atoms with Crippen LogP contribution in [0, 0.1) is 5.82 Å². The van der Waals surface area contributed by atoms with Crippen molar-refractivity contribution in [3.63, 3.8) is 0 Å². The van der Waals surface area contributed by atoms with Crippen LogP contribution in [0.15, 0.2) is 83.8 Å². The molecule has 4 N–H and O–H groups in total. The highest BCUT2D eigenvalue weighted by atomic mass is 32.2. The predicted molar refractivity (Wildman–Crippen MR) is 130 cm³/mol. The fraction of sp³-hybridized carbons (Fsp3) is 0.200. The molecule has 0 fully saturated rings. The summed E-state index contributed by atoms with van der Waals surface area (Å²) < 4.78 is 40.2. The smallest absolute Gasteiger partial charge is 0.251 e. The first-order valence-corrected chi connectivity index (χ1v) is 12.3. The maximum absolute atomic E-state index is 13.2. The number of halogens is 1. The minimum Gasteiger partial charge on any atom is -0.395 e. The molecule has 0 aliphatic rings. The van der Waals surface area contributed by atoms with Crippen LogP contribution in [0.1, 0.15) is 22.8 Å². The van der Waals surface area contributed by atoms with E-state index in [0.29, 0.717) is 5.69 Å². The number of aliphatic hydroxyl groups excluding tert-OH is 1. The minimum absolute atomic E-state index is 0.0266. The van der Waals surface area contributed by atoms with E-state index in [9.17, 15) is 22.4 Å². The quantitative estimate of drug-likeness (QED) is 0.341. The van der Waals surface area contributed by atoms with Gasteiger partial charge in [0, 0.05) is 23.7 Å². The first-order valence-electron chi connectivity index (χ1n) is 10.8. The molecule has 0 bridgehead atoms. The molecule has 3 aromatic rings. The van der Waals surface area contributed by atoms with Crippen molar-refractivity contribution in [1.82, 2.24) is 10.0 Å². The highest BCUT2D eigenvalue weighted by molar-refractivity contribution is 7.89. The molecule has 2 amide bonds. The molecule has 10 heteroatoms. The zero-order valence-corrected chi connectivity index (χ0v) is 19.8. The molecule has 3 rings (SSSR count). The summed E-state index contributed by atoms with van der Waals surface area (Å²) in [5, 5.41) is 14.4. The average Bonchev–Trinajstić information content (AvgIpc) is 2.84. The Morgan fingerprint density at radius 3 is 2.17 bits per heavy atom. The summed E-state index contributed by atoms with van der Waals surface area (Å²) >= 11 is 0. The van der Waals surface area contributed by atoms with Crippen molar-refractivity contribution in [1.29, 1.82) is 0 Å². The highest BCUT2D eigenvalue weighted by Gasteiger charge is 2.23. The van der Waals surface area contributed by atoms with Crippen LogP contribution in [0.5, 0.6) is 0 Å². The lowest BCUT2D eigenvalue weighted by Gasteiger charge is -2.19. The van der Waals surface area contributed by atoms with Crippen LogP contribution in [-0.4, -0.2) is 44.0 Å². The topological polar surface area (TPSA) is 125 Å². The third-order valence-electron chi connectivity index (χ3n) is 5.07. The van der Waals surface area contributed by atoms with Crippen molar-refractivity contribution in [2.75, 3.05) is 11.9 Å². The van der Waals surface area contributed by atoms with Gasteiger partial charge in [-0.2, -0.15) is 0 Å². The van der Waals surface area contributed by atoms with Gasteiger partial charge in [0.05, 0.1) is 11.5 Å². The standard InChI is InChI=1S/C25H26FN3O5S/c1-17(16-30)29-35(33,34)22-13-11-21(12-14-22)27-25(32)23(15-18-5-3-2-4-6-18)28-24(31)19-7-9-20(26)10-8-19/h2-14,17,23,29-30H,15-16H2,1H3,(H,27,32)(H,28,31)/t17-,23+/m1/s1. The second-order valence-electron chi connectivity index (χ2n) is 7.94. The molecule has 0 aromatic heterocycles. The Kier molecular flexibility index (Phi) is 8.69. The molecular formula is C25H26FN3O5S. The number of sulfonamides is 1. The lowest BCUT2D eigenvalue weighted by atomic mass is 10.0. The van der Waals surface area contributed by atoms with Crippen molar-refractivity contribution in [3.8, 4) is 0 Å². The average molecular weight is 500 g/mol. The van der Waals surface area contributed by atoms with E-state index in [4.69, 9.17) is 5.11 Å². The van der Waals surface area contributed by atoms with Crippen molar-refractivity contribution in [2.24, 2.45) is 0 Å². The molecule has 0 heterocycles. The van der Waals surface area contributed by atoms with E-state index < -0.39 is 39.7 Å². The molecule has 2 atom stereocenters. The predicted octanol–water partition coefficient (Wildman–Crippen LogP) is 2.46. The fourth-order valence-corrected chi connectivity index (χ4v) is 4.45. The van der Waals surface area contributed by atoms with Gasteiger partial charge in [-0.05, 0) is 61.0 Å². The Morgan fingerprint density at radius 1 is 0.943 bits per heavy atom. The van der Waals surface area contributed by atoms with E-state index >= 15 is 0 Å². The van der Waals surface area contributed by atoms with Gasteiger partial charge in [-0.1, -0.05) is 30.3 Å². The van der Waals surface area contributed by atoms with Crippen molar-refractivity contribution in [2.45, 2.75) is 30.3 Å². The van der Waals surface area contributed by atoms with E-state index in [1.165, 1.54) is 43.3 Å². The molecule has 35 heavy (non-hydrogen) atoms. The van der Waals surface area contributed by atoms with Gasteiger partial charge in [0.15, 0.2) is 0 Å².